The second-order valence-corrected chi connectivity index (χ2v) is 7.45. The van der Waals surface area contributed by atoms with Gasteiger partial charge in [0.05, 0.1) is 24.2 Å². The van der Waals surface area contributed by atoms with Gasteiger partial charge < -0.3 is 24.8 Å². The zero-order valence-electron chi connectivity index (χ0n) is 18.4. The van der Waals surface area contributed by atoms with Crippen molar-refractivity contribution in [1.29, 1.82) is 0 Å². The number of nitrogens with one attached hydrogen (secondary N) is 2. The summed E-state index contributed by atoms with van der Waals surface area (Å²) < 4.78 is 15.8. The minimum atomic E-state index is -0.660. The highest BCUT2D eigenvalue weighted by atomic mass is 35.5. The van der Waals surface area contributed by atoms with E-state index in [-0.39, 0.29) is 18.7 Å². The average molecular weight is 483 g/mol. The van der Waals surface area contributed by atoms with Gasteiger partial charge in [-0.2, -0.15) is 0 Å². The lowest BCUT2D eigenvalue weighted by atomic mass is 10.2. The van der Waals surface area contributed by atoms with Crippen LogP contribution in [0.3, 0.4) is 0 Å². The molecule has 0 fully saturated rings. The van der Waals surface area contributed by atoms with Gasteiger partial charge in [0.2, 0.25) is 5.91 Å². The van der Waals surface area contributed by atoms with Crippen molar-refractivity contribution in [2.24, 2.45) is 0 Å². The Morgan fingerprint density at radius 1 is 0.765 bits per heavy atom. The molecule has 0 bridgehead atoms. The summed E-state index contributed by atoms with van der Waals surface area (Å²) in [5.41, 5.74) is 0.976. The summed E-state index contributed by atoms with van der Waals surface area (Å²) in [5, 5.41) is 5.61. The second kappa shape index (κ2) is 12.3. The van der Waals surface area contributed by atoms with Gasteiger partial charge in [0.15, 0.2) is 6.61 Å². The quantitative estimate of drug-likeness (QED) is 0.392. The lowest BCUT2D eigenvalue weighted by Gasteiger charge is -2.09. The number of carbonyl (C=O) groups excluding carboxylic acids is 3. The van der Waals surface area contributed by atoms with E-state index in [1.165, 1.54) is 0 Å². The maximum Gasteiger partial charge on any atom is 0.306 e. The summed E-state index contributed by atoms with van der Waals surface area (Å²) in [6.07, 6.45) is -0.251. The Balaban J connectivity index is 1.37. The number of para-hydroxylation sites is 1. The molecule has 2 amide bonds. The van der Waals surface area contributed by atoms with Crippen molar-refractivity contribution >= 4 is 40.8 Å². The number of esters is 1. The van der Waals surface area contributed by atoms with Crippen LogP contribution < -0.4 is 20.1 Å². The van der Waals surface area contributed by atoms with Crippen LogP contribution in [0.25, 0.3) is 0 Å². The monoisotopic (exact) mass is 482 g/mol. The lowest BCUT2D eigenvalue weighted by molar-refractivity contribution is -0.147. The average Bonchev–Trinajstić information content (AvgIpc) is 2.84. The van der Waals surface area contributed by atoms with Gasteiger partial charge in [-0.1, -0.05) is 23.7 Å². The predicted molar refractivity (Wildman–Crippen MR) is 128 cm³/mol. The molecule has 0 unspecified atom stereocenters. The van der Waals surface area contributed by atoms with E-state index in [1.807, 2.05) is 0 Å². The van der Waals surface area contributed by atoms with Crippen LogP contribution >= 0.6 is 11.6 Å². The smallest absolute Gasteiger partial charge is 0.306 e. The Hall–Kier alpha value is -4.04. The molecule has 0 aliphatic carbocycles. The highest BCUT2D eigenvalue weighted by molar-refractivity contribution is 6.33. The minimum absolute atomic E-state index is 0.0882. The second-order valence-electron chi connectivity index (χ2n) is 7.04. The first kappa shape index (κ1) is 24.6. The fourth-order valence-electron chi connectivity index (χ4n) is 2.79. The first-order valence-electron chi connectivity index (χ1n) is 10.3. The highest BCUT2D eigenvalue weighted by Crippen LogP contribution is 2.25. The van der Waals surface area contributed by atoms with Crippen LogP contribution in [0.5, 0.6) is 17.2 Å². The topological polar surface area (TPSA) is 103 Å². The van der Waals surface area contributed by atoms with Gasteiger partial charge in [0.25, 0.3) is 5.91 Å². The van der Waals surface area contributed by atoms with Crippen LogP contribution in [-0.4, -0.2) is 31.5 Å². The number of carbonyl (C=O) groups is 3. The molecule has 3 rings (SSSR count). The van der Waals surface area contributed by atoms with Gasteiger partial charge in [0.1, 0.15) is 17.2 Å². The zero-order chi connectivity index (χ0) is 24.3. The van der Waals surface area contributed by atoms with Gasteiger partial charge in [-0.15, -0.1) is 0 Å². The molecule has 0 atom stereocenters. The van der Waals surface area contributed by atoms with Gasteiger partial charge in [-0.25, -0.2) is 0 Å². The van der Waals surface area contributed by atoms with Gasteiger partial charge in [0, 0.05) is 12.1 Å². The fraction of sp³-hybridized carbons (Fsp3) is 0.160. The van der Waals surface area contributed by atoms with E-state index < -0.39 is 18.5 Å². The van der Waals surface area contributed by atoms with E-state index in [2.05, 4.69) is 10.6 Å². The third kappa shape index (κ3) is 7.83. The molecule has 0 radical (unpaired) electrons. The first-order valence-corrected chi connectivity index (χ1v) is 10.7. The molecule has 34 heavy (non-hydrogen) atoms. The molecular weight excluding hydrogens is 460 g/mol. The molecule has 0 saturated heterocycles. The van der Waals surface area contributed by atoms with Crippen molar-refractivity contribution in [1.82, 2.24) is 0 Å². The van der Waals surface area contributed by atoms with E-state index in [1.54, 1.807) is 79.9 Å². The van der Waals surface area contributed by atoms with Crippen LogP contribution in [0.4, 0.5) is 11.4 Å². The Morgan fingerprint density at radius 2 is 1.38 bits per heavy atom. The molecule has 3 aromatic rings. The molecule has 8 nitrogen and oxygen atoms in total. The molecule has 3 aromatic carbocycles. The summed E-state index contributed by atoms with van der Waals surface area (Å²) in [7, 11) is 1.59. The third-order valence-electron chi connectivity index (χ3n) is 4.50. The van der Waals surface area contributed by atoms with Gasteiger partial charge in [-0.05, 0) is 60.7 Å². The maximum atomic E-state index is 12.1. The third-order valence-corrected chi connectivity index (χ3v) is 4.83. The van der Waals surface area contributed by atoms with Crippen molar-refractivity contribution < 1.29 is 28.6 Å². The summed E-state index contributed by atoms with van der Waals surface area (Å²) >= 11 is 5.96. The number of methoxy groups -OCH3 is 1. The van der Waals surface area contributed by atoms with Crippen molar-refractivity contribution in [3.05, 3.63) is 77.8 Å². The molecule has 2 N–H and O–H groups in total. The molecule has 0 aliphatic heterocycles. The van der Waals surface area contributed by atoms with E-state index in [0.29, 0.717) is 27.9 Å². The molecule has 0 aromatic heterocycles. The van der Waals surface area contributed by atoms with Crippen molar-refractivity contribution in [3.63, 3.8) is 0 Å². The molecule has 9 heteroatoms. The summed E-state index contributed by atoms with van der Waals surface area (Å²) in [6, 6.07) is 20.7. The van der Waals surface area contributed by atoms with Gasteiger partial charge >= 0.3 is 5.97 Å². The number of amides is 2. The molecule has 0 saturated carbocycles. The largest absolute Gasteiger partial charge is 0.497 e. The van der Waals surface area contributed by atoms with E-state index in [0.717, 1.165) is 5.75 Å². The number of anilines is 2. The Bertz CT molecular complexity index is 1130. The summed E-state index contributed by atoms with van der Waals surface area (Å²) in [4.78, 5) is 35.8. The van der Waals surface area contributed by atoms with Crippen LogP contribution in [0.2, 0.25) is 5.02 Å². The number of halogens is 1. The molecule has 0 spiro atoms. The number of hydrogen-bond donors (Lipinski definition) is 2. The Morgan fingerprint density at radius 3 is 2.03 bits per heavy atom. The molecule has 0 aliphatic rings. The molecule has 0 heterocycles. The zero-order valence-corrected chi connectivity index (χ0v) is 19.1. The minimum Gasteiger partial charge on any atom is -0.497 e. The number of rotatable bonds is 10. The van der Waals surface area contributed by atoms with E-state index >= 15 is 0 Å². The van der Waals surface area contributed by atoms with Gasteiger partial charge in [-0.3, -0.25) is 14.4 Å². The standard InChI is InChI=1S/C25H23ClN2O6/c1-32-18-10-12-20(13-11-18)34-19-8-6-17(7-9-19)27-23(29)14-15-25(31)33-16-24(30)28-22-5-3-2-4-21(22)26/h2-13H,14-16H2,1H3,(H,27,29)(H,28,30). The highest BCUT2D eigenvalue weighted by Gasteiger charge is 2.12. The predicted octanol–water partition coefficient (Wildman–Crippen LogP) is 5.04. The Labute approximate surface area is 201 Å². The Kier molecular flexibility index (Phi) is 8.88. The van der Waals surface area contributed by atoms with Crippen LogP contribution in [0.1, 0.15) is 12.8 Å². The van der Waals surface area contributed by atoms with Crippen molar-refractivity contribution in [2.75, 3.05) is 24.4 Å². The fourth-order valence-corrected chi connectivity index (χ4v) is 2.98. The molecule has 176 valence electrons. The van der Waals surface area contributed by atoms with E-state index in [4.69, 9.17) is 25.8 Å². The summed E-state index contributed by atoms with van der Waals surface area (Å²) in [6.45, 7) is -0.471. The van der Waals surface area contributed by atoms with E-state index in [9.17, 15) is 14.4 Å². The number of benzene rings is 3. The molecular formula is C25H23ClN2O6. The van der Waals surface area contributed by atoms with Crippen LogP contribution in [0, 0.1) is 0 Å². The van der Waals surface area contributed by atoms with Crippen molar-refractivity contribution in [3.8, 4) is 17.2 Å². The van der Waals surface area contributed by atoms with Crippen LogP contribution in [-0.2, 0) is 19.1 Å². The lowest BCUT2D eigenvalue weighted by Crippen LogP contribution is -2.22. The maximum absolute atomic E-state index is 12.1. The number of ether oxygens (including phenoxy) is 3. The normalized spacial score (nSPS) is 10.2. The summed E-state index contributed by atoms with van der Waals surface area (Å²) in [5.74, 6) is 0.435. The number of hydrogen-bond acceptors (Lipinski definition) is 6. The van der Waals surface area contributed by atoms with Crippen LogP contribution in [0.15, 0.2) is 72.8 Å². The first-order chi connectivity index (χ1) is 16.4. The SMILES string of the molecule is COc1ccc(Oc2ccc(NC(=O)CCC(=O)OCC(=O)Nc3ccccc3Cl)cc2)cc1. The van der Waals surface area contributed by atoms with Crippen molar-refractivity contribution in [2.45, 2.75) is 12.8 Å².